The molecule has 9 heteroatoms. The summed E-state index contributed by atoms with van der Waals surface area (Å²) in [6.07, 6.45) is 2.62. The van der Waals surface area contributed by atoms with Crippen molar-refractivity contribution in [1.29, 1.82) is 0 Å². The van der Waals surface area contributed by atoms with E-state index in [-0.39, 0.29) is 5.75 Å². The Hall–Kier alpha value is -3.20. The number of sulfone groups is 1. The van der Waals surface area contributed by atoms with Crippen molar-refractivity contribution in [2.75, 3.05) is 24.8 Å². The smallest absolute Gasteiger partial charge is 0.230 e. The summed E-state index contributed by atoms with van der Waals surface area (Å²) in [6, 6.07) is 12.7. The molecule has 1 aliphatic rings. The fraction of sp³-hybridized carbons (Fsp3) is 0.211. The molecule has 0 radical (unpaired) electrons. The van der Waals surface area contributed by atoms with Crippen LogP contribution in [0.5, 0.6) is 11.5 Å². The average Bonchev–Trinajstić information content (AvgIpc) is 2.67. The lowest BCUT2D eigenvalue weighted by molar-refractivity contribution is 0.172. The number of nitrogens with zero attached hydrogens (tertiary/aromatic N) is 3. The third-order valence-corrected chi connectivity index (χ3v) is 4.85. The average molecular weight is 398 g/mol. The van der Waals surface area contributed by atoms with Crippen LogP contribution in [0.3, 0.4) is 0 Å². The Kier molecular flexibility index (Phi) is 4.82. The Labute approximate surface area is 162 Å². The first-order chi connectivity index (χ1) is 13.5. The van der Waals surface area contributed by atoms with E-state index >= 15 is 0 Å². The molecule has 0 spiro atoms. The molecule has 2 heterocycles. The third kappa shape index (κ3) is 4.20. The topological polar surface area (TPSA) is 103 Å². The minimum absolute atomic E-state index is 0.0293. The number of nitrogens with one attached hydrogen (secondary N) is 1. The molecule has 8 nitrogen and oxygen atoms in total. The van der Waals surface area contributed by atoms with Gasteiger partial charge in [-0.2, -0.15) is 4.98 Å². The standard InChI is InChI=1S/C19H18N4O4S/c1-28(24,25)11-13-4-2-5-14(10-13)22-19-21-12-20-18(23-19)15-6-3-7-16-17(15)27-9-8-26-16/h2-7,10,12H,8-9,11H2,1H3,(H,20,21,22,23). The lowest BCUT2D eigenvalue weighted by Crippen LogP contribution is -2.16. The van der Waals surface area contributed by atoms with Crippen LogP contribution >= 0.6 is 0 Å². The van der Waals surface area contributed by atoms with E-state index in [1.807, 2.05) is 24.3 Å². The van der Waals surface area contributed by atoms with Crippen molar-refractivity contribution in [2.45, 2.75) is 5.75 Å². The van der Waals surface area contributed by atoms with Crippen LogP contribution in [0.2, 0.25) is 0 Å². The van der Waals surface area contributed by atoms with E-state index in [9.17, 15) is 8.42 Å². The minimum Gasteiger partial charge on any atom is -0.486 e. The molecule has 0 saturated heterocycles. The highest BCUT2D eigenvalue weighted by atomic mass is 32.2. The van der Waals surface area contributed by atoms with Crippen LogP contribution in [0, 0.1) is 0 Å². The zero-order valence-corrected chi connectivity index (χ0v) is 15.9. The predicted molar refractivity (Wildman–Crippen MR) is 105 cm³/mol. The van der Waals surface area contributed by atoms with Crippen LogP contribution in [-0.4, -0.2) is 42.8 Å². The first-order valence-electron chi connectivity index (χ1n) is 8.60. The monoisotopic (exact) mass is 398 g/mol. The fourth-order valence-electron chi connectivity index (χ4n) is 2.91. The maximum absolute atomic E-state index is 11.5. The largest absolute Gasteiger partial charge is 0.486 e. The summed E-state index contributed by atoms with van der Waals surface area (Å²) in [4.78, 5) is 12.9. The lowest BCUT2D eigenvalue weighted by Gasteiger charge is -2.20. The quantitative estimate of drug-likeness (QED) is 0.699. The molecule has 3 aromatic rings. The van der Waals surface area contributed by atoms with Gasteiger partial charge < -0.3 is 14.8 Å². The van der Waals surface area contributed by atoms with Gasteiger partial charge in [0.2, 0.25) is 5.95 Å². The molecule has 1 aliphatic heterocycles. The van der Waals surface area contributed by atoms with Gasteiger partial charge >= 0.3 is 0 Å². The lowest BCUT2D eigenvalue weighted by atomic mass is 10.1. The van der Waals surface area contributed by atoms with Gasteiger partial charge in [0.25, 0.3) is 0 Å². The van der Waals surface area contributed by atoms with Crippen LogP contribution in [0.25, 0.3) is 11.4 Å². The summed E-state index contributed by atoms with van der Waals surface area (Å²) in [6.45, 7) is 0.970. The highest BCUT2D eigenvalue weighted by Gasteiger charge is 2.18. The number of ether oxygens (including phenoxy) is 2. The molecule has 0 unspecified atom stereocenters. The van der Waals surface area contributed by atoms with Crippen LogP contribution in [0.4, 0.5) is 11.6 Å². The molecule has 1 N–H and O–H groups in total. The molecule has 4 rings (SSSR count). The van der Waals surface area contributed by atoms with Crippen LogP contribution in [0.15, 0.2) is 48.8 Å². The Morgan fingerprint density at radius 3 is 2.75 bits per heavy atom. The van der Waals surface area contributed by atoms with Gasteiger partial charge in [-0.15, -0.1) is 0 Å². The normalized spacial score (nSPS) is 13.2. The molecular weight excluding hydrogens is 380 g/mol. The number of benzene rings is 2. The van der Waals surface area contributed by atoms with Crippen molar-refractivity contribution >= 4 is 21.5 Å². The summed E-state index contributed by atoms with van der Waals surface area (Å²) in [7, 11) is -3.11. The van der Waals surface area contributed by atoms with E-state index in [4.69, 9.17) is 9.47 Å². The Morgan fingerprint density at radius 1 is 1.07 bits per heavy atom. The predicted octanol–water partition coefficient (Wildman–Crippen LogP) is 2.60. The van der Waals surface area contributed by atoms with Gasteiger partial charge in [0.1, 0.15) is 19.5 Å². The van der Waals surface area contributed by atoms with E-state index in [0.717, 1.165) is 0 Å². The van der Waals surface area contributed by atoms with E-state index in [1.54, 1.807) is 18.2 Å². The van der Waals surface area contributed by atoms with E-state index in [1.165, 1.54) is 12.6 Å². The molecule has 0 fully saturated rings. The van der Waals surface area contributed by atoms with Gasteiger partial charge in [-0.05, 0) is 29.8 Å². The molecule has 2 aromatic carbocycles. The SMILES string of the molecule is CS(=O)(=O)Cc1cccc(Nc2ncnc(-c3cccc4c3OCCO4)n2)c1. The zero-order valence-electron chi connectivity index (χ0n) is 15.1. The Bertz CT molecular complexity index is 1120. The number of rotatable bonds is 5. The number of hydrogen-bond acceptors (Lipinski definition) is 8. The molecule has 28 heavy (non-hydrogen) atoms. The van der Waals surface area contributed by atoms with Crippen molar-refractivity contribution in [2.24, 2.45) is 0 Å². The van der Waals surface area contributed by atoms with E-state index in [0.29, 0.717) is 53.3 Å². The summed E-state index contributed by atoms with van der Waals surface area (Å²) in [5.74, 6) is 2.04. The maximum atomic E-state index is 11.5. The second kappa shape index (κ2) is 7.43. The molecule has 1 aromatic heterocycles. The van der Waals surface area contributed by atoms with E-state index in [2.05, 4.69) is 20.3 Å². The van der Waals surface area contributed by atoms with Crippen molar-refractivity contribution in [3.05, 3.63) is 54.4 Å². The third-order valence-electron chi connectivity index (χ3n) is 3.99. The van der Waals surface area contributed by atoms with Crippen LogP contribution in [0.1, 0.15) is 5.56 Å². The first kappa shape index (κ1) is 18.2. The number of fused-ring (bicyclic) bond motifs is 1. The van der Waals surface area contributed by atoms with Gasteiger partial charge in [-0.3, -0.25) is 0 Å². The summed E-state index contributed by atoms with van der Waals surface area (Å²) >= 11 is 0. The maximum Gasteiger partial charge on any atom is 0.230 e. The molecule has 0 aliphatic carbocycles. The molecule has 144 valence electrons. The van der Waals surface area contributed by atoms with Crippen molar-refractivity contribution in [3.63, 3.8) is 0 Å². The fourth-order valence-corrected chi connectivity index (χ4v) is 3.69. The summed E-state index contributed by atoms with van der Waals surface area (Å²) in [5, 5.41) is 3.09. The van der Waals surface area contributed by atoms with E-state index < -0.39 is 9.84 Å². The Balaban J connectivity index is 1.61. The first-order valence-corrected chi connectivity index (χ1v) is 10.7. The van der Waals surface area contributed by atoms with Crippen molar-refractivity contribution < 1.29 is 17.9 Å². The molecule has 0 saturated carbocycles. The van der Waals surface area contributed by atoms with Crippen LogP contribution < -0.4 is 14.8 Å². The number of hydrogen-bond donors (Lipinski definition) is 1. The van der Waals surface area contributed by atoms with Gasteiger partial charge in [0.05, 0.1) is 11.3 Å². The zero-order chi connectivity index (χ0) is 19.6. The van der Waals surface area contributed by atoms with Gasteiger partial charge in [-0.1, -0.05) is 18.2 Å². The van der Waals surface area contributed by atoms with Crippen molar-refractivity contribution in [3.8, 4) is 22.9 Å². The van der Waals surface area contributed by atoms with Gasteiger partial charge in [0, 0.05) is 11.9 Å². The molecule has 0 bridgehead atoms. The molecule has 0 amide bonds. The Morgan fingerprint density at radius 2 is 1.89 bits per heavy atom. The number of aromatic nitrogens is 3. The van der Waals surface area contributed by atoms with Gasteiger partial charge in [0.15, 0.2) is 27.2 Å². The second-order valence-electron chi connectivity index (χ2n) is 6.36. The minimum atomic E-state index is -3.11. The molecule has 0 atom stereocenters. The van der Waals surface area contributed by atoms with Gasteiger partial charge in [-0.25, -0.2) is 18.4 Å². The number of anilines is 2. The molecular formula is C19H18N4O4S. The van der Waals surface area contributed by atoms with Crippen LogP contribution in [-0.2, 0) is 15.6 Å². The second-order valence-corrected chi connectivity index (χ2v) is 8.50. The van der Waals surface area contributed by atoms with Crippen molar-refractivity contribution in [1.82, 2.24) is 15.0 Å². The summed E-state index contributed by atoms with van der Waals surface area (Å²) < 4.78 is 34.4. The highest BCUT2D eigenvalue weighted by molar-refractivity contribution is 7.89. The number of para-hydroxylation sites is 1. The summed E-state index contributed by atoms with van der Waals surface area (Å²) in [5.41, 5.74) is 2.09. The highest BCUT2D eigenvalue weighted by Crippen LogP contribution is 2.38.